The van der Waals surface area contributed by atoms with Gasteiger partial charge in [0, 0.05) is 0 Å². The second-order valence-electron chi connectivity index (χ2n) is 5.02. The van der Waals surface area contributed by atoms with Crippen LogP contribution in [0, 0.1) is 5.92 Å². The first kappa shape index (κ1) is 17.2. The molecule has 2 N–H and O–H groups in total. The fraction of sp³-hybridized carbons (Fsp3) is 0.583. The van der Waals surface area contributed by atoms with Gasteiger partial charge in [-0.15, -0.1) is 11.3 Å². The standard InChI is InChI=1S/C12H15BrClNO4S2/c13-11-8(14)6-9(20-11)21(18,19)15-10(12(16)17)7-4-2-1-3-5-7/h6-7,10,15H,1-5H2,(H,16,17). The number of carboxylic acid groups (broad SMARTS) is 1. The highest BCUT2D eigenvalue weighted by Crippen LogP contribution is 2.35. The molecule has 1 aromatic heterocycles. The summed E-state index contributed by atoms with van der Waals surface area (Å²) in [6.07, 6.45) is 4.41. The molecule has 2 rings (SSSR count). The zero-order valence-electron chi connectivity index (χ0n) is 11.0. The van der Waals surface area contributed by atoms with Gasteiger partial charge < -0.3 is 5.11 Å². The number of hydrogen-bond acceptors (Lipinski definition) is 4. The predicted octanol–water partition coefficient (Wildman–Crippen LogP) is 3.48. The number of aliphatic carboxylic acids is 1. The number of carboxylic acids is 1. The van der Waals surface area contributed by atoms with Crippen molar-refractivity contribution in [3.8, 4) is 0 Å². The summed E-state index contributed by atoms with van der Waals surface area (Å²) >= 11 is 9.96. The highest BCUT2D eigenvalue weighted by Gasteiger charge is 2.34. The Labute approximate surface area is 140 Å². The van der Waals surface area contributed by atoms with Crippen LogP contribution in [0.3, 0.4) is 0 Å². The Morgan fingerprint density at radius 3 is 2.52 bits per heavy atom. The van der Waals surface area contributed by atoms with Crippen LogP contribution < -0.4 is 4.72 Å². The summed E-state index contributed by atoms with van der Waals surface area (Å²) in [6.45, 7) is 0. The first-order valence-electron chi connectivity index (χ1n) is 6.51. The molecule has 0 aliphatic heterocycles. The van der Waals surface area contributed by atoms with E-state index in [9.17, 15) is 18.3 Å². The van der Waals surface area contributed by atoms with Gasteiger partial charge in [-0.3, -0.25) is 4.79 Å². The monoisotopic (exact) mass is 415 g/mol. The molecule has 1 unspecified atom stereocenters. The van der Waals surface area contributed by atoms with E-state index >= 15 is 0 Å². The smallest absolute Gasteiger partial charge is 0.322 e. The Hall–Kier alpha value is -0.150. The zero-order chi connectivity index (χ0) is 15.6. The first-order valence-corrected chi connectivity index (χ1v) is 9.98. The lowest BCUT2D eigenvalue weighted by Gasteiger charge is -2.27. The summed E-state index contributed by atoms with van der Waals surface area (Å²) < 4.78 is 27.5. The summed E-state index contributed by atoms with van der Waals surface area (Å²) in [5.74, 6) is -1.29. The van der Waals surface area contributed by atoms with Gasteiger partial charge in [-0.05, 0) is 40.8 Å². The molecule has 1 heterocycles. The molecule has 0 saturated heterocycles. The molecule has 0 amide bonds. The van der Waals surface area contributed by atoms with E-state index in [1.165, 1.54) is 6.07 Å². The molecule has 1 fully saturated rings. The average molecular weight is 417 g/mol. The summed E-state index contributed by atoms with van der Waals surface area (Å²) in [5.41, 5.74) is 0. The van der Waals surface area contributed by atoms with E-state index in [2.05, 4.69) is 20.7 Å². The number of carbonyl (C=O) groups is 1. The Balaban J connectivity index is 2.20. The molecular formula is C12H15BrClNO4S2. The van der Waals surface area contributed by atoms with E-state index in [0.717, 1.165) is 43.4 Å². The molecule has 1 saturated carbocycles. The summed E-state index contributed by atoms with van der Waals surface area (Å²) in [6, 6.07) is 0.230. The van der Waals surface area contributed by atoms with Crippen molar-refractivity contribution in [2.24, 2.45) is 5.92 Å². The van der Waals surface area contributed by atoms with Crippen LogP contribution in [0.25, 0.3) is 0 Å². The largest absolute Gasteiger partial charge is 0.480 e. The number of halogens is 2. The second kappa shape index (κ2) is 6.95. The van der Waals surface area contributed by atoms with Gasteiger partial charge in [0.25, 0.3) is 10.0 Å². The third-order valence-electron chi connectivity index (χ3n) is 3.56. The lowest BCUT2D eigenvalue weighted by molar-refractivity contribution is -0.140. The molecule has 0 bridgehead atoms. The normalized spacial score (nSPS) is 18.6. The van der Waals surface area contributed by atoms with Crippen molar-refractivity contribution < 1.29 is 18.3 Å². The molecule has 118 valence electrons. The van der Waals surface area contributed by atoms with Gasteiger partial charge in [-0.25, -0.2) is 8.42 Å². The van der Waals surface area contributed by atoms with E-state index in [1.807, 2.05) is 0 Å². The third kappa shape index (κ3) is 4.19. The van der Waals surface area contributed by atoms with E-state index in [0.29, 0.717) is 8.81 Å². The minimum Gasteiger partial charge on any atom is -0.480 e. The molecule has 21 heavy (non-hydrogen) atoms. The fourth-order valence-corrected chi connectivity index (χ4v) is 6.17. The van der Waals surface area contributed by atoms with Crippen LogP contribution in [0.4, 0.5) is 0 Å². The van der Waals surface area contributed by atoms with Gasteiger partial charge in [0.05, 0.1) is 8.81 Å². The lowest BCUT2D eigenvalue weighted by atomic mass is 9.84. The summed E-state index contributed by atoms with van der Waals surface area (Å²) in [7, 11) is -3.88. The van der Waals surface area contributed by atoms with Gasteiger partial charge in [-0.2, -0.15) is 4.72 Å². The van der Waals surface area contributed by atoms with Crippen molar-refractivity contribution in [2.45, 2.75) is 42.4 Å². The molecule has 1 aliphatic carbocycles. The van der Waals surface area contributed by atoms with Crippen LogP contribution in [-0.2, 0) is 14.8 Å². The molecule has 5 nitrogen and oxygen atoms in total. The maximum absolute atomic E-state index is 12.3. The number of thiophene rings is 1. The van der Waals surface area contributed by atoms with Gasteiger partial charge in [0.15, 0.2) is 0 Å². The van der Waals surface area contributed by atoms with Crippen molar-refractivity contribution in [3.63, 3.8) is 0 Å². The van der Waals surface area contributed by atoms with Crippen LogP contribution in [0.1, 0.15) is 32.1 Å². The zero-order valence-corrected chi connectivity index (χ0v) is 15.0. The SMILES string of the molecule is O=C(O)C(NS(=O)(=O)c1cc(Cl)c(Br)s1)C1CCCCC1. The van der Waals surface area contributed by atoms with E-state index in [4.69, 9.17) is 11.6 Å². The first-order chi connectivity index (χ1) is 9.81. The van der Waals surface area contributed by atoms with Crippen molar-refractivity contribution in [3.05, 3.63) is 14.9 Å². The molecule has 0 aromatic carbocycles. The van der Waals surface area contributed by atoms with Crippen molar-refractivity contribution in [1.29, 1.82) is 0 Å². The molecule has 1 atom stereocenters. The van der Waals surface area contributed by atoms with E-state index in [1.54, 1.807) is 0 Å². The van der Waals surface area contributed by atoms with Crippen LogP contribution in [0.15, 0.2) is 14.1 Å². The topological polar surface area (TPSA) is 83.5 Å². The predicted molar refractivity (Wildman–Crippen MR) is 85.3 cm³/mol. The third-order valence-corrected chi connectivity index (χ3v) is 7.95. The van der Waals surface area contributed by atoms with Crippen LogP contribution in [0.5, 0.6) is 0 Å². The van der Waals surface area contributed by atoms with E-state index in [-0.39, 0.29) is 10.1 Å². The van der Waals surface area contributed by atoms with Crippen molar-refractivity contribution in [2.75, 3.05) is 0 Å². The minimum absolute atomic E-state index is 0.0152. The second-order valence-corrected chi connectivity index (χ2v) is 9.74. The number of sulfonamides is 1. The average Bonchev–Trinajstić information content (AvgIpc) is 2.78. The molecule has 0 radical (unpaired) electrons. The molecule has 9 heteroatoms. The summed E-state index contributed by atoms with van der Waals surface area (Å²) in [4.78, 5) is 11.4. The fourth-order valence-electron chi connectivity index (χ4n) is 2.50. The highest BCUT2D eigenvalue weighted by atomic mass is 79.9. The number of hydrogen-bond donors (Lipinski definition) is 2. The Morgan fingerprint density at radius 2 is 2.05 bits per heavy atom. The van der Waals surface area contributed by atoms with Gasteiger partial charge in [0.1, 0.15) is 10.3 Å². The van der Waals surface area contributed by atoms with Crippen LogP contribution in [0.2, 0.25) is 5.02 Å². The van der Waals surface area contributed by atoms with Gasteiger partial charge >= 0.3 is 5.97 Å². The maximum Gasteiger partial charge on any atom is 0.322 e. The van der Waals surface area contributed by atoms with Crippen LogP contribution >= 0.6 is 38.9 Å². The minimum atomic E-state index is -3.88. The Morgan fingerprint density at radius 1 is 1.43 bits per heavy atom. The van der Waals surface area contributed by atoms with Gasteiger partial charge in [0.2, 0.25) is 0 Å². The molecular weight excluding hydrogens is 402 g/mol. The van der Waals surface area contributed by atoms with Crippen molar-refractivity contribution in [1.82, 2.24) is 4.72 Å². The number of nitrogens with one attached hydrogen (secondary N) is 1. The Kier molecular flexibility index (Phi) is 5.70. The van der Waals surface area contributed by atoms with E-state index < -0.39 is 22.0 Å². The molecule has 1 aliphatic rings. The maximum atomic E-state index is 12.3. The van der Waals surface area contributed by atoms with Crippen LogP contribution in [-0.4, -0.2) is 25.5 Å². The summed E-state index contributed by atoms with van der Waals surface area (Å²) in [5, 5.41) is 9.63. The lowest BCUT2D eigenvalue weighted by Crippen LogP contribution is -2.46. The molecule has 1 aromatic rings. The number of rotatable bonds is 5. The Bertz CT molecular complexity index is 606. The molecule has 0 spiro atoms. The van der Waals surface area contributed by atoms with Gasteiger partial charge in [-0.1, -0.05) is 30.9 Å². The quantitative estimate of drug-likeness (QED) is 0.770. The highest BCUT2D eigenvalue weighted by molar-refractivity contribution is 9.11. The van der Waals surface area contributed by atoms with Crippen molar-refractivity contribution >= 4 is 54.9 Å².